The molecule has 2 aromatic heterocycles. The highest BCUT2D eigenvalue weighted by molar-refractivity contribution is 5.44. The standard InChI is InChI=1S/C16H17N5/c1-2-14-10-16(19-12-18-14)17-11-13-6-3-4-7-15(13)21-9-5-8-20-21/h3-10,12H,2,11H2,1H3,(H,17,18,19). The largest absolute Gasteiger partial charge is 0.366 e. The van der Waals surface area contributed by atoms with Gasteiger partial charge in [0.05, 0.1) is 5.69 Å². The van der Waals surface area contributed by atoms with Crippen LogP contribution < -0.4 is 5.32 Å². The van der Waals surface area contributed by atoms with Crippen LogP contribution in [0.3, 0.4) is 0 Å². The Morgan fingerprint density at radius 1 is 1.14 bits per heavy atom. The van der Waals surface area contributed by atoms with Gasteiger partial charge in [-0.05, 0) is 24.1 Å². The highest BCUT2D eigenvalue weighted by Crippen LogP contribution is 2.15. The number of hydrogen-bond acceptors (Lipinski definition) is 4. The maximum Gasteiger partial charge on any atom is 0.129 e. The number of nitrogens with zero attached hydrogens (tertiary/aromatic N) is 4. The molecule has 2 heterocycles. The minimum absolute atomic E-state index is 0.691. The minimum atomic E-state index is 0.691. The fourth-order valence-corrected chi connectivity index (χ4v) is 2.17. The lowest BCUT2D eigenvalue weighted by Gasteiger charge is -2.11. The van der Waals surface area contributed by atoms with Crippen LogP contribution in [0.2, 0.25) is 0 Å². The summed E-state index contributed by atoms with van der Waals surface area (Å²) in [5.41, 5.74) is 3.27. The summed E-state index contributed by atoms with van der Waals surface area (Å²) in [6.45, 7) is 2.77. The van der Waals surface area contributed by atoms with E-state index >= 15 is 0 Å². The summed E-state index contributed by atoms with van der Waals surface area (Å²) in [6, 6.07) is 12.1. The number of nitrogens with one attached hydrogen (secondary N) is 1. The minimum Gasteiger partial charge on any atom is -0.366 e. The molecule has 0 radical (unpaired) electrons. The van der Waals surface area contributed by atoms with Gasteiger partial charge in [-0.3, -0.25) is 0 Å². The van der Waals surface area contributed by atoms with Gasteiger partial charge in [0.2, 0.25) is 0 Å². The van der Waals surface area contributed by atoms with E-state index in [-0.39, 0.29) is 0 Å². The van der Waals surface area contributed by atoms with Crippen LogP contribution in [0.5, 0.6) is 0 Å². The lowest BCUT2D eigenvalue weighted by molar-refractivity contribution is 0.863. The molecule has 0 aliphatic heterocycles. The summed E-state index contributed by atoms with van der Waals surface area (Å²) >= 11 is 0. The molecule has 0 unspecified atom stereocenters. The fourth-order valence-electron chi connectivity index (χ4n) is 2.17. The van der Waals surface area contributed by atoms with Crippen molar-refractivity contribution >= 4 is 5.82 Å². The molecule has 5 nitrogen and oxygen atoms in total. The van der Waals surface area contributed by atoms with Crippen LogP contribution in [0.1, 0.15) is 18.2 Å². The second-order valence-corrected chi connectivity index (χ2v) is 4.68. The predicted molar refractivity (Wildman–Crippen MR) is 82.3 cm³/mol. The van der Waals surface area contributed by atoms with E-state index in [9.17, 15) is 0 Å². The van der Waals surface area contributed by atoms with E-state index in [2.05, 4.69) is 39.4 Å². The van der Waals surface area contributed by atoms with Gasteiger partial charge in [-0.1, -0.05) is 25.1 Å². The van der Waals surface area contributed by atoms with E-state index in [1.165, 1.54) is 0 Å². The molecule has 3 aromatic rings. The molecule has 1 N–H and O–H groups in total. The van der Waals surface area contributed by atoms with Crippen molar-refractivity contribution in [2.24, 2.45) is 0 Å². The average Bonchev–Trinajstić information content (AvgIpc) is 3.08. The highest BCUT2D eigenvalue weighted by atomic mass is 15.3. The van der Waals surface area contributed by atoms with Crippen molar-refractivity contribution in [2.45, 2.75) is 19.9 Å². The van der Waals surface area contributed by atoms with E-state index < -0.39 is 0 Å². The number of hydrogen-bond donors (Lipinski definition) is 1. The molecule has 3 rings (SSSR count). The Morgan fingerprint density at radius 3 is 2.86 bits per heavy atom. The van der Waals surface area contributed by atoms with Crippen LogP contribution in [-0.2, 0) is 13.0 Å². The first-order valence-corrected chi connectivity index (χ1v) is 6.99. The summed E-state index contributed by atoms with van der Waals surface area (Å²) in [6.07, 6.45) is 6.22. The third-order valence-corrected chi connectivity index (χ3v) is 3.29. The third-order valence-electron chi connectivity index (χ3n) is 3.29. The SMILES string of the molecule is CCc1cc(NCc2ccccc2-n2cccn2)ncn1. The topological polar surface area (TPSA) is 55.6 Å². The number of rotatable bonds is 5. The smallest absolute Gasteiger partial charge is 0.129 e. The number of aryl methyl sites for hydroxylation is 1. The van der Waals surface area contributed by atoms with Crippen LogP contribution in [0.25, 0.3) is 5.69 Å². The van der Waals surface area contributed by atoms with Crippen LogP contribution in [0.4, 0.5) is 5.82 Å². The second-order valence-electron chi connectivity index (χ2n) is 4.68. The number of anilines is 1. The van der Waals surface area contributed by atoms with E-state index in [1.54, 1.807) is 12.5 Å². The van der Waals surface area contributed by atoms with Crippen molar-refractivity contribution < 1.29 is 0 Å². The van der Waals surface area contributed by atoms with E-state index in [0.717, 1.165) is 29.2 Å². The van der Waals surface area contributed by atoms with Gasteiger partial charge in [0.1, 0.15) is 12.1 Å². The van der Waals surface area contributed by atoms with Gasteiger partial charge in [0.25, 0.3) is 0 Å². The zero-order valence-corrected chi connectivity index (χ0v) is 11.9. The molecule has 0 saturated heterocycles. The molecular weight excluding hydrogens is 262 g/mol. The van der Waals surface area contributed by atoms with Gasteiger partial charge in [-0.2, -0.15) is 5.10 Å². The van der Waals surface area contributed by atoms with Crippen LogP contribution in [0, 0.1) is 0 Å². The van der Waals surface area contributed by atoms with Gasteiger partial charge in [0, 0.05) is 30.7 Å². The lowest BCUT2D eigenvalue weighted by atomic mass is 10.2. The Bertz CT molecular complexity index is 706. The average molecular weight is 279 g/mol. The fraction of sp³-hybridized carbons (Fsp3) is 0.188. The molecule has 5 heteroatoms. The molecule has 1 aromatic carbocycles. The number of aromatic nitrogens is 4. The molecule has 106 valence electrons. The Morgan fingerprint density at radius 2 is 2.05 bits per heavy atom. The summed E-state index contributed by atoms with van der Waals surface area (Å²) < 4.78 is 1.87. The first-order valence-electron chi connectivity index (χ1n) is 6.99. The lowest BCUT2D eigenvalue weighted by Crippen LogP contribution is -2.07. The molecule has 0 amide bonds. The molecule has 0 bridgehead atoms. The number of benzene rings is 1. The molecular formula is C16H17N5. The van der Waals surface area contributed by atoms with Crippen molar-refractivity contribution in [3.8, 4) is 5.69 Å². The van der Waals surface area contributed by atoms with Gasteiger partial charge in [0.15, 0.2) is 0 Å². The summed E-state index contributed by atoms with van der Waals surface area (Å²) in [5, 5.41) is 7.64. The maximum atomic E-state index is 4.29. The molecule has 0 spiro atoms. The molecule has 0 saturated carbocycles. The molecule has 0 fully saturated rings. The summed E-state index contributed by atoms with van der Waals surface area (Å²) in [5.74, 6) is 0.845. The van der Waals surface area contributed by atoms with Crippen LogP contribution >= 0.6 is 0 Å². The Balaban J connectivity index is 1.79. The van der Waals surface area contributed by atoms with Gasteiger partial charge >= 0.3 is 0 Å². The zero-order valence-electron chi connectivity index (χ0n) is 11.9. The van der Waals surface area contributed by atoms with Crippen molar-refractivity contribution in [2.75, 3.05) is 5.32 Å². The van der Waals surface area contributed by atoms with E-state index in [4.69, 9.17) is 0 Å². The van der Waals surface area contributed by atoms with Crippen LogP contribution in [-0.4, -0.2) is 19.7 Å². The first-order chi connectivity index (χ1) is 10.4. The van der Waals surface area contributed by atoms with E-state index in [1.807, 2.05) is 35.1 Å². The molecule has 0 atom stereocenters. The normalized spacial score (nSPS) is 10.5. The van der Waals surface area contributed by atoms with Crippen molar-refractivity contribution in [3.05, 3.63) is 66.4 Å². The van der Waals surface area contributed by atoms with Crippen molar-refractivity contribution in [1.82, 2.24) is 19.7 Å². The second kappa shape index (κ2) is 6.17. The Kier molecular flexibility index (Phi) is 3.91. The quantitative estimate of drug-likeness (QED) is 0.780. The van der Waals surface area contributed by atoms with Crippen LogP contribution in [0.15, 0.2) is 55.1 Å². The monoisotopic (exact) mass is 279 g/mol. The number of para-hydroxylation sites is 1. The molecule has 0 aliphatic carbocycles. The Labute approximate surface area is 123 Å². The Hall–Kier alpha value is -2.69. The molecule has 0 aliphatic rings. The summed E-state index contributed by atoms with van der Waals surface area (Å²) in [4.78, 5) is 8.46. The van der Waals surface area contributed by atoms with Gasteiger partial charge in [-0.15, -0.1) is 0 Å². The maximum absolute atomic E-state index is 4.29. The van der Waals surface area contributed by atoms with Crippen molar-refractivity contribution in [3.63, 3.8) is 0 Å². The third kappa shape index (κ3) is 3.08. The predicted octanol–water partition coefficient (Wildman–Crippen LogP) is 2.84. The van der Waals surface area contributed by atoms with Crippen molar-refractivity contribution in [1.29, 1.82) is 0 Å². The van der Waals surface area contributed by atoms with E-state index in [0.29, 0.717) is 6.54 Å². The highest BCUT2D eigenvalue weighted by Gasteiger charge is 2.04. The zero-order chi connectivity index (χ0) is 14.5. The van der Waals surface area contributed by atoms with Gasteiger partial charge < -0.3 is 5.32 Å². The van der Waals surface area contributed by atoms with Gasteiger partial charge in [-0.25, -0.2) is 14.6 Å². The molecule has 21 heavy (non-hydrogen) atoms. The first kappa shape index (κ1) is 13.3. The summed E-state index contributed by atoms with van der Waals surface area (Å²) in [7, 11) is 0.